The molecule has 0 radical (unpaired) electrons. The number of nitrogens with zero attached hydrogens (tertiary/aromatic N) is 5. The molecule has 0 spiro atoms. The molecule has 0 bridgehead atoms. The first-order valence-electron chi connectivity index (χ1n) is 11.0. The fourth-order valence-electron chi connectivity index (χ4n) is 3.40. The fourth-order valence-corrected chi connectivity index (χ4v) is 4.83. The predicted octanol–water partition coefficient (Wildman–Crippen LogP) is -0.348. The smallest absolute Gasteiger partial charge is 0.362 e. The van der Waals surface area contributed by atoms with E-state index >= 15 is 0 Å². The minimum Gasteiger partial charge on any atom is -0.390 e. The molecule has 1 saturated heterocycles. The predicted molar refractivity (Wildman–Crippen MR) is 138 cm³/mol. The van der Waals surface area contributed by atoms with Gasteiger partial charge in [0.25, 0.3) is 17.7 Å². The highest BCUT2D eigenvalue weighted by molar-refractivity contribution is 7.84. The van der Waals surface area contributed by atoms with E-state index in [1.54, 1.807) is 36.7 Å². The molecule has 3 heterocycles. The van der Waals surface area contributed by atoms with Crippen LogP contribution in [0.15, 0.2) is 52.3 Å². The van der Waals surface area contributed by atoms with Crippen LogP contribution in [0.5, 0.6) is 0 Å². The summed E-state index contributed by atoms with van der Waals surface area (Å²) in [7, 11) is -4.76. The number of thiazole rings is 1. The molecule has 204 valence electrons. The average molecular weight is 576 g/mol. The van der Waals surface area contributed by atoms with Crippen molar-refractivity contribution in [1.29, 1.82) is 0 Å². The largest absolute Gasteiger partial charge is 0.390 e. The van der Waals surface area contributed by atoms with Gasteiger partial charge in [-0.3, -0.25) is 18.9 Å². The zero-order valence-corrected chi connectivity index (χ0v) is 21.6. The molecular formula is C21H21N9O7S2. The first-order valence-corrected chi connectivity index (χ1v) is 13.3. The van der Waals surface area contributed by atoms with Crippen molar-refractivity contribution in [3.63, 3.8) is 0 Å². The molecule has 1 aliphatic heterocycles. The highest BCUT2D eigenvalue weighted by atomic mass is 32.2. The van der Waals surface area contributed by atoms with Gasteiger partial charge in [-0.05, 0) is 24.6 Å². The van der Waals surface area contributed by atoms with Crippen molar-refractivity contribution in [2.75, 3.05) is 5.73 Å². The summed E-state index contributed by atoms with van der Waals surface area (Å²) in [6.45, 7) is 1.24. The van der Waals surface area contributed by atoms with Crippen LogP contribution in [0.25, 0.3) is 0 Å². The van der Waals surface area contributed by atoms with Gasteiger partial charge >= 0.3 is 10.3 Å². The number of hydrazone groups is 1. The standard InChI is InChI=1S/C21H21N9O7S2/c1-11-16(20(33)30(11)39(34,35)36)27-19(32)17(14-10-38-21(22)26-14)29-37-9-12-2-4-13(5-3-12)18(31)28-25-8-15-23-6-7-24-15/h2-8,10-11,16H,9H2,1H3,(H2,22,26)(H,23,24)(H,27,32)(H,28,31)(H,34,35,36)/b25-8+,29-17-/t11-,16-/m0/s1. The number of oxime groups is 1. The van der Waals surface area contributed by atoms with Crippen molar-refractivity contribution in [2.45, 2.75) is 25.6 Å². The SMILES string of the molecule is C[C@H]1[C@H](NC(=O)/C(=N\OCc2ccc(C(=O)N/N=C/c3ncc[nH]3)cc2)c2csc(N)n2)C(=O)N1S(=O)(=O)O. The van der Waals surface area contributed by atoms with E-state index in [1.807, 2.05) is 0 Å². The van der Waals surface area contributed by atoms with Gasteiger partial charge in [-0.1, -0.05) is 17.3 Å². The molecule has 18 heteroatoms. The maximum Gasteiger partial charge on any atom is 0.362 e. The van der Waals surface area contributed by atoms with E-state index in [0.717, 1.165) is 11.3 Å². The molecule has 3 amide bonds. The van der Waals surface area contributed by atoms with Gasteiger partial charge in [0.1, 0.15) is 24.2 Å². The van der Waals surface area contributed by atoms with Gasteiger partial charge in [-0.25, -0.2) is 19.7 Å². The van der Waals surface area contributed by atoms with E-state index in [2.05, 4.69) is 36.0 Å². The Morgan fingerprint density at radius 2 is 2.08 bits per heavy atom. The van der Waals surface area contributed by atoms with Gasteiger partial charge in [0, 0.05) is 23.3 Å². The molecule has 4 rings (SSSR count). The van der Waals surface area contributed by atoms with Crippen LogP contribution in [0.2, 0.25) is 0 Å². The highest BCUT2D eigenvalue weighted by Gasteiger charge is 2.51. The zero-order valence-electron chi connectivity index (χ0n) is 20.0. The number of H-pyrrole nitrogens is 1. The summed E-state index contributed by atoms with van der Waals surface area (Å²) in [4.78, 5) is 53.3. The number of nitrogens with two attached hydrogens (primary N) is 1. The Labute approximate surface area is 224 Å². The number of carbonyl (C=O) groups is 3. The Hall–Kier alpha value is -4.68. The molecule has 1 aromatic carbocycles. The maximum atomic E-state index is 12.9. The molecule has 3 aromatic rings. The van der Waals surface area contributed by atoms with Gasteiger partial charge in [0.05, 0.1) is 12.3 Å². The number of hydrogen-bond donors (Lipinski definition) is 5. The zero-order chi connectivity index (χ0) is 28.2. The fraction of sp³-hybridized carbons (Fsp3) is 0.190. The maximum absolute atomic E-state index is 12.9. The number of nitrogens with one attached hydrogen (secondary N) is 3. The van der Waals surface area contributed by atoms with E-state index in [9.17, 15) is 22.8 Å². The normalized spacial score (nSPS) is 17.6. The molecule has 1 fully saturated rings. The van der Waals surface area contributed by atoms with Crippen LogP contribution in [0.3, 0.4) is 0 Å². The number of β-lactam (4-membered cyclic amide) rings is 1. The lowest BCUT2D eigenvalue weighted by Gasteiger charge is -2.42. The third-order valence-electron chi connectivity index (χ3n) is 5.33. The Balaban J connectivity index is 1.38. The third kappa shape index (κ3) is 6.43. The van der Waals surface area contributed by atoms with Crippen LogP contribution in [-0.2, 0) is 31.3 Å². The summed E-state index contributed by atoms with van der Waals surface area (Å²) < 4.78 is 32.0. The number of hydrogen-bond acceptors (Lipinski definition) is 12. The number of imidazole rings is 1. The van der Waals surface area contributed by atoms with E-state index in [1.165, 1.54) is 18.5 Å². The lowest BCUT2D eigenvalue weighted by atomic mass is 10.0. The number of nitrogen functional groups attached to an aromatic ring is 1. The number of aromatic amines is 1. The second-order valence-electron chi connectivity index (χ2n) is 7.96. The van der Waals surface area contributed by atoms with Crippen molar-refractivity contribution >= 4 is 56.4 Å². The first-order chi connectivity index (χ1) is 18.5. The van der Waals surface area contributed by atoms with Gasteiger partial charge in [0.15, 0.2) is 10.8 Å². The first kappa shape index (κ1) is 27.4. The van der Waals surface area contributed by atoms with Crippen molar-refractivity contribution in [1.82, 2.24) is 30.0 Å². The topological polar surface area (TPSA) is 234 Å². The number of amides is 3. The Kier molecular flexibility index (Phi) is 7.98. The molecule has 2 atom stereocenters. The molecule has 1 aliphatic rings. The van der Waals surface area contributed by atoms with Gasteiger partial charge in [0.2, 0.25) is 0 Å². The number of carbonyl (C=O) groups excluding carboxylic acids is 3. The lowest BCUT2D eigenvalue weighted by molar-refractivity contribution is -0.143. The Bertz CT molecular complexity index is 1530. The monoisotopic (exact) mass is 575 g/mol. The van der Waals surface area contributed by atoms with Gasteiger partial charge in [-0.15, -0.1) is 11.3 Å². The minimum atomic E-state index is -4.76. The number of aromatic nitrogens is 3. The molecular weight excluding hydrogens is 554 g/mol. The van der Waals surface area contributed by atoms with Crippen LogP contribution < -0.4 is 16.5 Å². The van der Waals surface area contributed by atoms with Gasteiger partial charge in [-0.2, -0.15) is 13.5 Å². The molecule has 2 aromatic heterocycles. The van der Waals surface area contributed by atoms with E-state index in [4.69, 9.17) is 15.1 Å². The second-order valence-corrected chi connectivity index (χ2v) is 10.1. The third-order valence-corrected chi connectivity index (χ3v) is 7.01. The molecule has 0 saturated carbocycles. The van der Waals surface area contributed by atoms with Crippen molar-refractivity contribution < 1.29 is 32.2 Å². The summed E-state index contributed by atoms with van der Waals surface area (Å²) in [6.07, 6.45) is 4.52. The van der Waals surface area contributed by atoms with Crippen molar-refractivity contribution in [3.05, 3.63) is 64.7 Å². The van der Waals surface area contributed by atoms with Crippen LogP contribution in [0.1, 0.15) is 34.4 Å². The molecule has 0 aliphatic carbocycles. The second kappa shape index (κ2) is 11.4. The summed E-state index contributed by atoms with van der Waals surface area (Å²) in [5, 5.41) is 11.6. The lowest BCUT2D eigenvalue weighted by Crippen LogP contribution is -2.71. The van der Waals surface area contributed by atoms with Crippen molar-refractivity contribution in [2.24, 2.45) is 10.3 Å². The molecule has 0 unspecified atom stereocenters. The summed E-state index contributed by atoms with van der Waals surface area (Å²) in [5.74, 6) is -1.85. The summed E-state index contributed by atoms with van der Waals surface area (Å²) in [6, 6.07) is 4.06. The van der Waals surface area contributed by atoms with Crippen LogP contribution >= 0.6 is 11.3 Å². The van der Waals surface area contributed by atoms with E-state index in [-0.39, 0.29) is 27.4 Å². The average Bonchev–Trinajstić information content (AvgIpc) is 3.56. The minimum absolute atomic E-state index is 0.0724. The van der Waals surface area contributed by atoms with Crippen molar-refractivity contribution in [3.8, 4) is 0 Å². The molecule has 39 heavy (non-hydrogen) atoms. The molecule has 6 N–H and O–H groups in total. The number of benzene rings is 1. The van der Waals surface area contributed by atoms with E-state index < -0.39 is 40.1 Å². The van der Waals surface area contributed by atoms with Crippen LogP contribution in [0.4, 0.5) is 5.13 Å². The summed E-state index contributed by atoms with van der Waals surface area (Å²) >= 11 is 1.04. The van der Waals surface area contributed by atoms with E-state index in [0.29, 0.717) is 17.0 Å². The summed E-state index contributed by atoms with van der Waals surface area (Å²) in [5.41, 5.74) is 8.73. The van der Waals surface area contributed by atoms with Crippen LogP contribution in [-0.4, -0.2) is 74.0 Å². The Morgan fingerprint density at radius 1 is 1.33 bits per heavy atom. The Morgan fingerprint density at radius 3 is 2.67 bits per heavy atom. The number of anilines is 1. The molecule has 16 nitrogen and oxygen atoms in total. The van der Waals surface area contributed by atoms with Crippen LogP contribution in [0, 0.1) is 0 Å². The highest BCUT2D eigenvalue weighted by Crippen LogP contribution is 2.23. The number of rotatable bonds is 10. The van der Waals surface area contributed by atoms with Gasteiger partial charge < -0.3 is 20.9 Å². The quantitative estimate of drug-likeness (QED) is 0.0912.